The van der Waals surface area contributed by atoms with Gasteiger partial charge in [-0.15, -0.1) is 11.3 Å². The smallest absolute Gasteiger partial charge is 0.227 e. The van der Waals surface area contributed by atoms with Crippen molar-refractivity contribution < 1.29 is 9.53 Å². The number of hydrogen-bond donors (Lipinski definition) is 0. The summed E-state index contributed by atoms with van der Waals surface area (Å²) in [5, 5.41) is 0.911. The third kappa shape index (κ3) is 4.92. The van der Waals surface area contributed by atoms with Crippen molar-refractivity contribution in [2.75, 3.05) is 20.7 Å². The minimum atomic E-state index is 0.105. The number of rotatable bonds is 7. The summed E-state index contributed by atoms with van der Waals surface area (Å²) in [7, 11) is 3.50. The molecule has 1 aromatic carbocycles. The lowest BCUT2D eigenvalue weighted by molar-refractivity contribution is -0.129. The van der Waals surface area contributed by atoms with E-state index >= 15 is 0 Å². The summed E-state index contributed by atoms with van der Waals surface area (Å²) in [6.45, 7) is 2.64. The topological polar surface area (TPSA) is 55.3 Å². The highest BCUT2D eigenvalue weighted by atomic mass is 32.1. The van der Waals surface area contributed by atoms with Crippen LogP contribution >= 0.6 is 11.3 Å². The molecule has 140 valence electrons. The van der Waals surface area contributed by atoms with Gasteiger partial charge in [0.2, 0.25) is 5.91 Å². The Morgan fingerprint density at radius 1 is 1.22 bits per heavy atom. The van der Waals surface area contributed by atoms with Gasteiger partial charge in [-0.05, 0) is 43.2 Å². The summed E-state index contributed by atoms with van der Waals surface area (Å²) in [5.74, 6) is 0.904. The molecule has 6 heteroatoms. The van der Waals surface area contributed by atoms with Crippen LogP contribution in [0.5, 0.6) is 5.75 Å². The number of hydrogen-bond acceptors (Lipinski definition) is 5. The third-order valence-electron chi connectivity index (χ3n) is 4.43. The second-order valence-corrected chi connectivity index (χ2v) is 7.44. The van der Waals surface area contributed by atoms with Gasteiger partial charge in [0.05, 0.1) is 19.2 Å². The number of benzene rings is 1. The van der Waals surface area contributed by atoms with E-state index in [-0.39, 0.29) is 5.91 Å². The molecule has 0 spiro atoms. The van der Waals surface area contributed by atoms with Crippen molar-refractivity contribution in [1.82, 2.24) is 14.9 Å². The molecule has 0 aliphatic rings. The lowest BCUT2D eigenvalue weighted by Gasteiger charge is -2.16. The number of aryl methyl sites for hydroxylation is 1. The molecule has 0 saturated carbocycles. The molecule has 5 nitrogen and oxygen atoms in total. The van der Waals surface area contributed by atoms with Gasteiger partial charge in [-0.2, -0.15) is 0 Å². The van der Waals surface area contributed by atoms with Crippen LogP contribution in [-0.4, -0.2) is 41.5 Å². The molecule has 0 unspecified atom stereocenters. The van der Waals surface area contributed by atoms with Crippen molar-refractivity contribution in [3.05, 3.63) is 64.9 Å². The van der Waals surface area contributed by atoms with Gasteiger partial charge in [-0.1, -0.05) is 12.1 Å². The number of aromatic nitrogens is 2. The van der Waals surface area contributed by atoms with E-state index in [0.717, 1.165) is 33.3 Å². The van der Waals surface area contributed by atoms with Crippen molar-refractivity contribution in [1.29, 1.82) is 0 Å². The summed E-state index contributed by atoms with van der Waals surface area (Å²) in [4.78, 5) is 24.1. The Morgan fingerprint density at radius 3 is 2.74 bits per heavy atom. The zero-order valence-corrected chi connectivity index (χ0v) is 16.6. The summed E-state index contributed by atoms with van der Waals surface area (Å²) in [6.07, 6.45) is 4.75. The van der Waals surface area contributed by atoms with Gasteiger partial charge >= 0.3 is 0 Å². The fourth-order valence-electron chi connectivity index (χ4n) is 2.71. The monoisotopic (exact) mass is 381 g/mol. The number of ether oxygens (including phenoxy) is 1. The summed E-state index contributed by atoms with van der Waals surface area (Å²) in [6, 6.07) is 11.8. The van der Waals surface area contributed by atoms with E-state index in [4.69, 9.17) is 4.74 Å². The lowest BCUT2D eigenvalue weighted by Crippen LogP contribution is -2.30. The second kappa shape index (κ2) is 8.77. The van der Waals surface area contributed by atoms with E-state index in [2.05, 4.69) is 9.97 Å². The zero-order chi connectivity index (χ0) is 19.2. The highest BCUT2D eigenvalue weighted by molar-refractivity contribution is 7.15. The number of amides is 1. The molecule has 0 bridgehead atoms. The van der Waals surface area contributed by atoms with Crippen LogP contribution in [0.15, 0.2) is 48.8 Å². The molecule has 27 heavy (non-hydrogen) atoms. The standard InChI is InChI=1S/C21H23N3O2S/c1-15-19(27-21(23-15)17-5-4-6-18(13-17)26-3)14-20(25)24(2)12-9-16-7-10-22-11-8-16/h4-8,10-11,13H,9,12,14H2,1-3H3. The molecular weight excluding hydrogens is 358 g/mol. The number of thiazole rings is 1. The van der Waals surface area contributed by atoms with Crippen LogP contribution in [0, 0.1) is 6.92 Å². The van der Waals surface area contributed by atoms with Crippen molar-refractivity contribution in [2.24, 2.45) is 0 Å². The molecule has 0 radical (unpaired) electrons. The number of carbonyl (C=O) groups excluding carboxylic acids is 1. The van der Waals surface area contributed by atoms with E-state index in [0.29, 0.717) is 13.0 Å². The summed E-state index contributed by atoms with van der Waals surface area (Å²) < 4.78 is 5.28. The van der Waals surface area contributed by atoms with Gasteiger partial charge in [-0.25, -0.2) is 4.98 Å². The van der Waals surface area contributed by atoms with E-state index in [1.54, 1.807) is 35.7 Å². The Morgan fingerprint density at radius 2 is 2.00 bits per heavy atom. The Balaban J connectivity index is 1.64. The van der Waals surface area contributed by atoms with E-state index < -0.39 is 0 Å². The van der Waals surface area contributed by atoms with Gasteiger partial charge < -0.3 is 9.64 Å². The Hall–Kier alpha value is -2.73. The molecule has 0 fully saturated rings. The SMILES string of the molecule is COc1cccc(-c2nc(C)c(CC(=O)N(C)CCc3ccncc3)s2)c1. The first-order valence-corrected chi connectivity index (χ1v) is 9.62. The quantitative estimate of drug-likeness (QED) is 0.625. The van der Waals surface area contributed by atoms with Crippen LogP contribution in [0.1, 0.15) is 16.1 Å². The normalized spacial score (nSPS) is 10.6. The second-order valence-electron chi connectivity index (χ2n) is 6.36. The van der Waals surface area contributed by atoms with Crippen molar-refractivity contribution in [3.8, 4) is 16.3 Å². The fraction of sp³-hybridized carbons (Fsp3) is 0.286. The largest absolute Gasteiger partial charge is 0.497 e. The third-order valence-corrected chi connectivity index (χ3v) is 5.64. The Labute approximate surface area is 163 Å². The van der Waals surface area contributed by atoms with Gasteiger partial charge in [0.15, 0.2) is 0 Å². The van der Waals surface area contributed by atoms with E-state index in [1.807, 2.05) is 50.4 Å². The Kier molecular flexibility index (Phi) is 6.19. The van der Waals surface area contributed by atoms with E-state index in [1.165, 1.54) is 5.56 Å². The zero-order valence-electron chi connectivity index (χ0n) is 15.8. The molecule has 0 N–H and O–H groups in total. The minimum absolute atomic E-state index is 0.105. The first-order valence-electron chi connectivity index (χ1n) is 8.80. The molecule has 1 amide bonds. The predicted octanol–water partition coefficient (Wildman–Crippen LogP) is 3.77. The van der Waals surface area contributed by atoms with Gasteiger partial charge in [0, 0.05) is 36.4 Å². The van der Waals surface area contributed by atoms with E-state index in [9.17, 15) is 4.79 Å². The van der Waals surface area contributed by atoms with Crippen LogP contribution in [0.2, 0.25) is 0 Å². The first kappa shape index (κ1) is 19.0. The van der Waals surface area contributed by atoms with Crippen LogP contribution in [0.4, 0.5) is 0 Å². The summed E-state index contributed by atoms with van der Waals surface area (Å²) in [5.41, 5.74) is 3.10. The van der Waals surface area contributed by atoms with Crippen LogP contribution < -0.4 is 4.74 Å². The fourth-order valence-corrected chi connectivity index (χ4v) is 3.76. The van der Waals surface area contributed by atoms with Gasteiger partial charge in [0.25, 0.3) is 0 Å². The first-order chi connectivity index (χ1) is 13.1. The lowest BCUT2D eigenvalue weighted by atomic mass is 10.2. The predicted molar refractivity (Wildman–Crippen MR) is 108 cm³/mol. The van der Waals surface area contributed by atoms with Gasteiger partial charge in [0.1, 0.15) is 10.8 Å². The average Bonchev–Trinajstić information content (AvgIpc) is 3.07. The number of pyridine rings is 1. The molecule has 0 saturated heterocycles. The maximum absolute atomic E-state index is 12.6. The molecule has 2 aromatic heterocycles. The van der Waals surface area contributed by atoms with Crippen LogP contribution in [0.25, 0.3) is 10.6 Å². The molecule has 0 aliphatic heterocycles. The molecular formula is C21H23N3O2S. The number of likely N-dealkylation sites (N-methyl/N-ethyl adjacent to an activating group) is 1. The highest BCUT2D eigenvalue weighted by Gasteiger charge is 2.16. The Bertz CT molecular complexity index is 909. The minimum Gasteiger partial charge on any atom is -0.497 e. The van der Waals surface area contributed by atoms with Gasteiger partial charge in [-0.3, -0.25) is 9.78 Å². The van der Waals surface area contributed by atoms with Crippen LogP contribution in [0.3, 0.4) is 0 Å². The van der Waals surface area contributed by atoms with Crippen LogP contribution in [-0.2, 0) is 17.6 Å². The number of nitrogens with zero attached hydrogens (tertiary/aromatic N) is 3. The molecule has 3 aromatic rings. The number of methoxy groups -OCH3 is 1. The molecule has 2 heterocycles. The summed E-state index contributed by atoms with van der Waals surface area (Å²) >= 11 is 1.57. The molecule has 0 aliphatic carbocycles. The average molecular weight is 382 g/mol. The van der Waals surface area contributed by atoms with Crippen molar-refractivity contribution >= 4 is 17.2 Å². The highest BCUT2D eigenvalue weighted by Crippen LogP contribution is 2.30. The number of carbonyl (C=O) groups is 1. The molecule has 0 atom stereocenters. The van der Waals surface area contributed by atoms with Crippen molar-refractivity contribution in [3.63, 3.8) is 0 Å². The van der Waals surface area contributed by atoms with Crippen molar-refractivity contribution in [2.45, 2.75) is 19.8 Å². The molecule has 3 rings (SSSR count). The maximum atomic E-state index is 12.6. The maximum Gasteiger partial charge on any atom is 0.227 e.